The molecule has 2 aromatic rings. The molecule has 174 valence electrons. The highest BCUT2D eigenvalue weighted by Crippen LogP contribution is 2.19. The Balaban J connectivity index is 2.19. The van der Waals surface area contributed by atoms with Crippen LogP contribution in [-0.2, 0) is 25.5 Å². The summed E-state index contributed by atoms with van der Waals surface area (Å²) in [6.07, 6.45) is 0.822. The lowest BCUT2D eigenvalue weighted by molar-refractivity contribution is -0.143. The molecule has 0 radical (unpaired) electrons. The van der Waals surface area contributed by atoms with Crippen LogP contribution in [-0.4, -0.2) is 56.8 Å². The molecule has 0 bridgehead atoms. The van der Waals surface area contributed by atoms with Crippen molar-refractivity contribution in [2.75, 3.05) is 0 Å². The monoisotopic (exact) mass is 447 g/mol. The lowest BCUT2D eigenvalue weighted by atomic mass is 10.0. The first-order chi connectivity index (χ1) is 15.0. The fourth-order valence-corrected chi connectivity index (χ4v) is 3.17. The zero-order chi connectivity index (χ0) is 23.9. The third-order valence-electron chi connectivity index (χ3n) is 4.60. The van der Waals surface area contributed by atoms with Gasteiger partial charge < -0.3 is 30.6 Å². The van der Waals surface area contributed by atoms with E-state index in [0.717, 1.165) is 16.5 Å². The van der Waals surface area contributed by atoms with Gasteiger partial charge in [-0.1, -0.05) is 18.2 Å². The van der Waals surface area contributed by atoms with E-state index < -0.39 is 41.6 Å². The third-order valence-corrected chi connectivity index (χ3v) is 4.60. The van der Waals surface area contributed by atoms with Gasteiger partial charge in [0.05, 0.1) is 0 Å². The van der Waals surface area contributed by atoms with Crippen LogP contribution < -0.4 is 10.6 Å². The van der Waals surface area contributed by atoms with Crippen LogP contribution >= 0.6 is 0 Å². The molecule has 1 heterocycles. The number of aromatic amines is 1. The van der Waals surface area contributed by atoms with Crippen molar-refractivity contribution in [2.24, 2.45) is 0 Å². The smallest absolute Gasteiger partial charge is 0.408 e. The van der Waals surface area contributed by atoms with Crippen LogP contribution in [0.4, 0.5) is 4.79 Å². The molecular weight excluding hydrogens is 418 g/mol. The number of alkyl carbamates (subject to hydrolysis) is 1. The minimum atomic E-state index is -1.29. The summed E-state index contributed by atoms with van der Waals surface area (Å²) in [5, 5.41) is 24.0. The van der Waals surface area contributed by atoms with Gasteiger partial charge in [-0.3, -0.25) is 9.59 Å². The molecule has 0 saturated carbocycles. The average Bonchev–Trinajstić information content (AvgIpc) is 3.07. The van der Waals surface area contributed by atoms with Crippen LogP contribution in [0.15, 0.2) is 30.5 Å². The number of hydrogen-bond acceptors (Lipinski definition) is 5. The molecule has 0 aliphatic rings. The summed E-state index contributed by atoms with van der Waals surface area (Å²) in [6.45, 7) is 5.05. The molecule has 32 heavy (non-hydrogen) atoms. The van der Waals surface area contributed by atoms with Crippen LogP contribution in [0.5, 0.6) is 0 Å². The van der Waals surface area contributed by atoms with Crippen molar-refractivity contribution in [1.82, 2.24) is 15.6 Å². The molecule has 2 amide bonds. The number of carbonyl (C=O) groups is 4. The van der Waals surface area contributed by atoms with E-state index in [2.05, 4.69) is 15.6 Å². The number of fused-ring (bicyclic) bond motifs is 1. The Morgan fingerprint density at radius 3 is 2.38 bits per heavy atom. The molecular formula is C22H29N3O7. The summed E-state index contributed by atoms with van der Waals surface area (Å²) in [4.78, 5) is 50.6. The number of carbonyl (C=O) groups excluding carboxylic acids is 2. The first-order valence-electron chi connectivity index (χ1n) is 10.3. The van der Waals surface area contributed by atoms with Crippen LogP contribution in [0, 0.1) is 0 Å². The number of carboxylic acid groups (broad SMARTS) is 2. The molecule has 0 aliphatic carbocycles. The van der Waals surface area contributed by atoms with E-state index in [1.807, 2.05) is 24.3 Å². The second-order valence-corrected chi connectivity index (χ2v) is 8.45. The Kier molecular flexibility index (Phi) is 8.22. The quantitative estimate of drug-likeness (QED) is 0.374. The van der Waals surface area contributed by atoms with E-state index in [-0.39, 0.29) is 25.7 Å². The summed E-state index contributed by atoms with van der Waals surface area (Å²) >= 11 is 0. The van der Waals surface area contributed by atoms with E-state index >= 15 is 0 Å². The summed E-state index contributed by atoms with van der Waals surface area (Å²) in [5.74, 6) is -3.04. The summed E-state index contributed by atoms with van der Waals surface area (Å²) in [7, 11) is 0. The summed E-state index contributed by atoms with van der Waals surface area (Å²) < 4.78 is 5.25. The number of benzene rings is 1. The summed E-state index contributed by atoms with van der Waals surface area (Å²) in [6, 6.07) is 5.06. The molecule has 1 aromatic heterocycles. The number of H-pyrrole nitrogens is 1. The number of aromatic nitrogens is 1. The zero-order valence-electron chi connectivity index (χ0n) is 18.3. The Morgan fingerprint density at radius 2 is 1.75 bits per heavy atom. The van der Waals surface area contributed by atoms with Gasteiger partial charge in [0, 0.05) is 29.9 Å². The first kappa shape index (κ1) is 24.7. The molecule has 0 spiro atoms. The Labute approximate surface area is 185 Å². The Morgan fingerprint density at radius 1 is 1.06 bits per heavy atom. The van der Waals surface area contributed by atoms with Gasteiger partial charge in [0.1, 0.15) is 17.7 Å². The topological polar surface area (TPSA) is 158 Å². The van der Waals surface area contributed by atoms with Gasteiger partial charge in [-0.2, -0.15) is 0 Å². The molecule has 1 aromatic carbocycles. The SMILES string of the molecule is CC(C)(C)OC(=O)N[C@H](Cc1c[nH]c2ccccc12)C(=O)N[C@H](CCCC(=O)O)C(=O)O. The minimum Gasteiger partial charge on any atom is -0.481 e. The number of amides is 2. The van der Waals surface area contributed by atoms with Gasteiger partial charge in [-0.05, 0) is 45.2 Å². The van der Waals surface area contributed by atoms with E-state index in [1.54, 1.807) is 27.0 Å². The molecule has 0 aliphatic heterocycles. The van der Waals surface area contributed by atoms with Gasteiger partial charge >= 0.3 is 18.0 Å². The number of carboxylic acids is 2. The molecule has 0 saturated heterocycles. The standard InChI is InChI=1S/C22H29N3O7/c1-22(2,3)32-21(31)25-17(11-13-12-23-15-8-5-4-7-14(13)15)19(28)24-16(20(29)30)9-6-10-18(26)27/h4-5,7-8,12,16-17,23H,6,9-11H2,1-3H3,(H,24,28)(H,25,31)(H,26,27)(H,29,30)/t16-,17-/m1/s1. The normalized spacial score (nSPS) is 13.2. The van der Waals surface area contributed by atoms with Crippen LogP contribution in [0.3, 0.4) is 0 Å². The van der Waals surface area contributed by atoms with Gasteiger partial charge in [-0.25, -0.2) is 9.59 Å². The summed E-state index contributed by atoms with van der Waals surface area (Å²) in [5.41, 5.74) is 0.831. The number of para-hydroxylation sites is 1. The van der Waals surface area contributed by atoms with Crippen LogP contribution in [0.25, 0.3) is 10.9 Å². The van der Waals surface area contributed by atoms with E-state index in [4.69, 9.17) is 9.84 Å². The van der Waals surface area contributed by atoms with Crippen molar-refractivity contribution in [3.8, 4) is 0 Å². The maximum Gasteiger partial charge on any atom is 0.408 e. The predicted octanol–water partition coefficient (Wildman–Crippen LogP) is 2.43. The number of aliphatic carboxylic acids is 2. The molecule has 10 heteroatoms. The molecule has 0 fully saturated rings. The molecule has 2 rings (SSSR count). The number of nitrogens with one attached hydrogen (secondary N) is 3. The Hall–Kier alpha value is -3.56. The van der Waals surface area contributed by atoms with Crippen molar-refractivity contribution in [1.29, 1.82) is 0 Å². The fraction of sp³-hybridized carbons (Fsp3) is 0.455. The largest absolute Gasteiger partial charge is 0.481 e. The van der Waals surface area contributed by atoms with Gasteiger partial charge in [0.2, 0.25) is 5.91 Å². The zero-order valence-corrected chi connectivity index (χ0v) is 18.3. The van der Waals surface area contributed by atoms with Crippen molar-refractivity contribution >= 4 is 34.8 Å². The second kappa shape index (κ2) is 10.7. The van der Waals surface area contributed by atoms with Gasteiger partial charge in [0.15, 0.2) is 0 Å². The lowest BCUT2D eigenvalue weighted by Gasteiger charge is -2.24. The molecule has 2 atom stereocenters. The van der Waals surface area contributed by atoms with Crippen molar-refractivity contribution in [3.05, 3.63) is 36.0 Å². The predicted molar refractivity (Wildman–Crippen MR) is 116 cm³/mol. The maximum absolute atomic E-state index is 12.9. The highest BCUT2D eigenvalue weighted by molar-refractivity contribution is 5.90. The number of hydrogen-bond donors (Lipinski definition) is 5. The van der Waals surface area contributed by atoms with Crippen LogP contribution in [0.2, 0.25) is 0 Å². The highest BCUT2D eigenvalue weighted by Gasteiger charge is 2.29. The second-order valence-electron chi connectivity index (χ2n) is 8.45. The lowest BCUT2D eigenvalue weighted by Crippen LogP contribution is -2.53. The third kappa shape index (κ3) is 7.60. The maximum atomic E-state index is 12.9. The number of ether oxygens (including phenoxy) is 1. The Bertz CT molecular complexity index is 977. The highest BCUT2D eigenvalue weighted by atomic mass is 16.6. The van der Waals surface area contributed by atoms with E-state index in [0.29, 0.717) is 0 Å². The average molecular weight is 447 g/mol. The number of rotatable bonds is 10. The first-order valence-corrected chi connectivity index (χ1v) is 10.3. The van der Waals surface area contributed by atoms with Gasteiger partial charge in [-0.15, -0.1) is 0 Å². The fourth-order valence-electron chi connectivity index (χ4n) is 3.17. The van der Waals surface area contributed by atoms with Crippen molar-refractivity contribution in [2.45, 2.75) is 64.1 Å². The molecule has 5 N–H and O–H groups in total. The minimum absolute atomic E-state index is 0.0559. The van der Waals surface area contributed by atoms with Crippen molar-refractivity contribution in [3.63, 3.8) is 0 Å². The van der Waals surface area contributed by atoms with E-state index in [9.17, 15) is 24.3 Å². The van der Waals surface area contributed by atoms with Gasteiger partial charge in [0.25, 0.3) is 0 Å². The molecule has 0 unspecified atom stereocenters. The van der Waals surface area contributed by atoms with Crippen molar-refractivity contribution < 1.29 is 34.1 Å². The van der Waals surface area contributed by atoms with Crippen LogP contribution in [0.1, 0.15) is 45.6 Å². The molecule has 10 nitrogen and oxygen atoms in total. The van der Waals surface area contributed by atoms with E-state index in [1.165, 1.54) is 0 Å².